The Bertz CT molecular complexity index is 452. The number of carbonyl (C=O) groups is 2. The van der Waals surface area contributed by atoms with E-state index in [2.05, 4.69) is 9.97 Å². The van der Waals surface area contributed by atoms with Gasteiger partial charge in [0.2, 0.25) is 5.91 Å². The van der Waals surface area contributed by atoms with Crippen molar-refractivity contribution >= 4 is 11.9 Å². The van der Waals surface area contributed by atoms with Crippen LogP contribution in [0.5, 0.6) is 0 Å². The number of nitrogens with two attached hydrogens (primary N) is 1. The first-order chi connectivity index (χ1) is 8.59. The smallest absolute Gasteiger partial charge is 0.353 e. The SMILES string of the molecule is NC(=O)C(c1ncc(C(=O)O)[nH]1)N1CCOCC1. The van der Waals surface area contributed by atoms with Crippen LogP contribution >= 0.6 is 0 Å². The molecule has 0 bridgehead atoms. The highest BCUT2D eigenvalue weighted by Gasteiger charge is 2.30. The van der Waals surface area contributed by atoms with Crippen LogP contribution in [-0.4, -0.2) is 58.2 Å². The summed E-state index contributed by atoms with van der Waals surface area (Å²) >= 11 is 0. The second kappa shape index (κ2) is 5.15. The minimum Gasteiger partial charge on any atom is -0.477 e. The molecule has 1 aliphatic heterocycles. The first kappa shape index (κ1) is 12.5. The summed E-state index contributed by atoms with van der Waals surface area (Å²) in [6, 6.07) is -0.748. The van der Waals surface area contributed by atoms with Crippen LogP contribution in [0.1, 0.15) is 22.4 Å². The van der Waals surface area contributed by atoms with Gasteiger partial charge in [0.05, 0.1) is 19.4 Å². The number of carbonyl (C=O) groups excluding carboxylic acids is 1. The monoisotopic (exact) mass is 254 g/mol. The van der Waals surface area contributed by atoms with Crippen molar-refractivity contribution in [3.63, 3.8) is 0 Å². The van der Waals surface area contributed by atoms with Gasteiger partial charge in [-0.3, -0.25) is 9.69 Å². The third-order valence-electron chi connectivity index (χ3n) is 2.77. The Hall–Kier alpha value is -1.93. The summed E-state index contributed by atoms with van der Waals surface area (Å²) in [6.07, 6.45) is 1.17. The molecule has 8 nitrogen and oxygen atoms in total. The number of aromatic amines is 1. The molecule has 1 fully saturated rings. The number of morpholine rings is 1. The zero-order valence-electron chi connectivity index (χ0n) is 9.63. The molecule has 2 rings (SSSR count). The zero-order valence-corrected chi connectivity index (χ0v) is 9.63. The number of carboxylic acid groups (broad SMARTS) is 1. The number of ether oxygens (including phenoxy) is 1. The fraction of sp³-hybridized carbons (Fsp3) is 0.500. The van der Waals surface area contributed by atoms with Gasteiger partial charge < -0.3 is 20.6 Å². The normalized spacial score (nSPS) is 18.4. The van der Waals surface area contributed by atoms with Gasteiger partial charge in [-0.25, -0.2) is 9.78 Å². The molecule has 18 heavy (non-hydrogen) atoms. The van der Waals surface area contributed by atoms with Gasteiger partial charge in [-0.2, -0.15) is 0 Å². The molecule has 1 amide bonds. The van der Waals surface area contributed by atoms with Crippen molar-refractivity contribution in [1.82, 2.24) is 14.9 Å². The molecule has 2 heterocycles. The Kier molecular flexibility index (Phi) is 3.58. The number of nitrogens with zero attached hydrogens (tertiary/aromatic N) is 2. The molecule has 1 aliphatic rings. The maximum Gasteiger partial charge on any atom is 0.353 e. The maximum absolute atomic E-state index is 11.5. The highest BCUT2D eigenvalue weighted by molar-refractivity contribution is 5.86. The molecule has 1 atom stereocenters. The van der Waals surface area contributed by atoms with Crippen LogP contribution in [0.15, 0.2) is 6.20 Å². The Morgan fingerprint density at radius 2 is 2.17 bits per heavy atom. The molecule has 0 aliphatic carbocycles. The molecule has 8 heteroatoms. The average molecular weight is 254 g/mol. The number of aromatic carboxylic acids is 1. The lowest BCUT2D eigenvalue weighted by Gasteiger charge is -2.31. The fourth-order valence-corrected chi connectivity index (χ4v) is 1.91. The number of H-pyrrole nitrogens is 1. The number of rotatable bonds is 4. The van der Waals surface area contributed by atoms with Crippen LogP contribution in [0.3, 0.4) is 0 Å². The van der Waals surface area contributed by atoms with E-state index in [1.54, 1.807) is 0 Å². The van der Waals surface area contributed by atoms with Gasteiger partial charge in [0.1, 0.15) is 17.6 Å². The van der Waals surface area contributed by atoms with Crippen LogP contribution in [-0.2, 0) is 9.53 Å². The average Bonchev–Trinajstić information content (AvgIpc) is 2.79. The second-order valence-electron chi connectivity index (χ2n) is 3.94. The molecule has 1 unspecified atom stereocenters. The number of primary amides is 1. The Labute approximate surface area is 103 Å². The molecular weight excluding hydrogens is 240 g/mol. The molecule has 4 N–H and O–H groups in total. The second-order valence-corrected chi connectivity index (χ2v) is 3.94. The van der Waals surface area contributed by atoms with E-state index < -0.39 is 17.9 Å². The maximum atomic E-state index is 11.5. The number of imidazole rings is 1. The number of hydrogen-bond donors (Lipinski definition) is 3. The predicted molar refractivity (Wildman–Crippen MR) is 59.9 cm³/mol. The summed E-state index contributed by atoms with van der Waals surface area (Å²) in [4.78, 5) is 30.6. The predicted octanol–water partition coefficient (Wildman–Crippen LogP) is -1.03. The summed E-state index contributed by atoms with van der Waals surface area (Å²) in [7, 11) is 0. The lowest BCUT2D eigenvalue weighted by atomic mass is 10.2. The molecule has 0 saturated carbocycles. The molecular formula is C10H14N4O4. The van der Waals surface area contributed by atoms with Crippen LogP contribution < -0.4 is 5.73 Å². The molecule has 98 valence electrons. The minimum atomic E-state index is -1.13. The molecule has 1 aromatic heterocycles. The highest BCUT2D eigenvalue weighted by atomic mass is 16.5. The number of nitrogens with one attached hydrogen (secondary N) is 1. The summed E-state index contributed by atoms with van der Waals surface area (Å²) in [6.45, 7) is 2.12. The van der Waals surface area contributed by atoms with Crippen molar-refractivity contribution in [3.8, 4) is 0 Å². The summed E-state index contributed by atoms with van der Waals surface area (Å²) < 4.78 is 5.19. The van der Waals surface area contributed by atoms with Gasteiger partial charge in [-0.05, 0) is 0 Å². The van der Waals surface area contributed by atoms with E-state index in [1.807, 2.05) is 4.90 Å². The quantitative estimate of drug-likeness (QED) is 0.631. The van der Waals surface area contributed by atoms with Crippen LogP contribution in [0, 0.1) is 0 Å². The topological polar surface area (TPSA) is 122 Å². The van der Waals surface area contributed by atoms with Crippen molar-refractivity contribution < 1.29 is 19.4 Å². The van der Waals surface area contributed by atoms with Crippen molar-refractivity contribution in [2.45, 2.75) is 6.04 Å². The standard InChI is InChI=1S/C10H14N4O4/c11-8(15)7(14-1-3-18-4-2-14)9-12-5-6(13-9)10(16)17/h5,7H,1-4H2,(H2,11,15)(H,12,13)(H,16,17). The van der Waals surface area contributed by atoms with Crippen molar-refractivity contribution in [3.05, 3.63) is 17.7 Å². The van der Waals surface area contributed by atoms with Gasteiger partial charge in [-0.15, -0.1) is 0 Å². The third-order valence-corrected chi connectivity index (χ3v) is 2.77. The number of hydrogen-bond acceptors (Lipinski definition) is 5. The van der Waals surface area contributed by atoms with Crippen molar-refractivity contribution in [1.29, 1.82) is 0 Å². The number of carboxylic acids is 1. The van der Waals surface area contributed by atoms with Crippen LogP contribution in [0.4, 0.5) is 0 Å². The first-order valence-corrected chi connectivity index (χ1v) is 5.49. The van der Waals surface area contributed by atoms with E-state index in [9.17, 15) is 9.59 Å². The molecule has 0 aromatic carbocycles. The molecule has 0 radical (unpaired) electrons. The third kappa shape index (κ3) is 2.49. The van der Waals surface area contributed by atoms with Gasteiger partial charge in [0.25, 0.3) is 0 Å². The van der Waals surface area contributed by atoms with Gasteiger partial charge in [0, 0.05) is 13.1 Å². The fourth-order valence-electron chi connectivity index (χ4n) is 1.91. The largest absolute Gasteiger partial charge is 0.477 e. The Balaban J connectivity index is 2.22. The molecule has 1 saturated heterocycles. The van der Waals surface area contributed by atoms with E-state index in [-0.39, 0.29) is 11.5 Å². The van der Waals surface area contributed by atoms with E-state index in [4.69, 9.17) is 15.6 Å². The van der Waals surface area contributed by atoms with Crippen LogP contribution in [0.25, 0.3) is 0 Å². The molecule has 1 aromatic rings. The van der Waals surface area contributed by atoms with E-state index in [0.29, 0.717) is 26.3 Å². The van der Waals surface area contributed by atoms with Crippen molar-refractivity contribution in [2.75, 3.05) is 26.3 Å². The van der Waals surface area contributed by atoms with Gasteiger partial charge >= 0.3 is 5.97 Å². The van der Waals surface area contributed by atoms with E-state index >= 15 is 0 Å². The number of amides is 1. The number of aromatic nitrogens is 2. The van der Waals surface area contributed by atoms with E-state index in [0.717, 1.165) is 0 Å². The lowest BCUT2D eigenvalue weighted by molar-refractivity contribution is -0.125. The lowest BCUT2D eigenvalue weighted by Crippen LogP contribution is -2.44. The Morgan fingerprint density at radius 1 is 1.50 bits per heavy atom. The van der Waals surface area contributed by atoms with Crippen LogP contribution in [0.2, 0.25) is 0 Å². The van der Waals surface area contributed by atoms with E-state index in [1.165, 1.54) is 6.20 Å². The summed E-state index contributed by atoms with van der Waals surface area (Å²) in [5.74, 6) is -1.44. The molecule has 0 spiro atoms. The zero-order chi connectivity index (χ0) is 13.1. The van der Waals surface area contributed by atoms with Gasteiger partial charge in [-0.1, -0.05) is 0 Å². The van der Waals surface area contributed by atoms with Gasteiger partial charge in [0.15, 0.2) is 0 Å². The highest BCUT2D eigenvalue weighted by Crippen LogP contribution is 2.18. The minimum absolute atomic E-state index is 0.0653. The summed E-state index contributed by atoms with van der Waals surface area (Å²) in [5.41, 5.74) is 5.29. The Morgan fingerprint density at radius 3 is 2.67 bits per heavy atom. The van der Waals surface area contributed by atoms with Crippen molar-refractivity contribution in [2.24, 2.45) is 5.73 Å². The summed E-state index contributed by atoms with van der Waals surface area (Å²) in [5, 5.41) is 8.81. The first-order valence-electron chi connectivity index (χ1n) is 5.49.